The van der Waals surface area contributed by atoms with E-state index in [4.69, 9.17) is 15.7 Å². The second-order valence-corrected chi connectivity index (χ2v) is 13.5. The molecule has 1 unspecified atom stereocenters. The van der Waals surface area contributed by atoms with E-state index < -0.39 is 0 Å². The Balaban J connectivity index is 1.03. The van der Waals surface area contributed by atoms with Crippen LogP contribution in [-0.4, -0.2) is 72.8 Å². The molecule has 2 aliphatic heterocycles. The number of imidazole rings is 1. The van der Waals surface area contributed by atoms with E-state index in [1.54, 1.807) is 12.3 Å². The molecule has 0 aliphatic carbocycles. The lowest BCUT2D eigenvalue weighted by molar-refractivity contribution is 0.0527. The monoisotopic (exact) mass is 663 g/mol. The lowest BCUT2D eigenvalue weighted by Gasteiger charge is -2.40. The molecule has 0 bridgehead atoms. The normalized spacial score (nSPS) is 17.8. The van der Waals surface area contributed by atoms with Gasteiger partial charge in [0.2, 0.25) is 0 Å². The summed E-state index contributed by atoms with van der Waals surface area (Å²) in [4.78, 5) is 43.5. The smallest absolute Gasteiger partial charge is 0.253 e. The number of nitrogens with two attached hydrogens (primary N) is 1. The molecule has 50 heavy (non-hydrogen) atoms. The third kappa shape index (κ3) is 5.88. The number of rotatable bonds is 7. The number of anilines is 1. The van der Waals surface area contributed by atoms with Crippen LogP contribution in [0, 0.1) is 5.41 Å². The standard InChI is InChI=1S/C40H37N7O3/c41-36-32(8-4-19-42-36)37-44-34-15-14-33(28-6-2-1-3-7-28)43-38(34)47(37)31-12-9-27(10-13-31)23-45-21-18-40(25-45)17-5-20-46(26-40)39(50)29-11-16-35(49)30(22-29)24-48/h1-4,6-16,19,22,24,49H,5,17-18,20-21,23,25-26H2,(H2,41,42). The molecular formula is C40H37N7O3. The Morgan fingerprint density at radius 2 is 1.74 bits per heavy atom. The maximum absolute atomic E-state index is 13.4. The van der Waals surface area contributed by atoms with E-state index in [2.05, 4.69) is 50.8 Å². The Kier molecular flexibility index (Phi) is 8.08. The zero-order valence-corrected chi connectivity index (χ0v) is 27.6. The van der Waals surface area contributed by atoms with E-state index in [0.717, 1.165) is 72.6 Å². The van der Waals surface area contributed by atoms with Crippen LogP contribution in [-0.2, 0) is 6.54 Å². The van der Waals surface area contributed by atoms with Crippen LogP contribution in [0.15, 0.2) is 103 Å². The van der Waals surface area contributed by atoms with Crippen molar-refractivity contribution in [3.8, 4) is 34.1 Å². The van der Waals surface area contributed by atoms with E-state index in [9.17, 15) is 14.7 Å². The minimum absolute atomic E-state index is 0.0364. The number of nitrogens with zero attached hydrogens (tertiary/aromatic N) is 6. The van der Waals surface area contributed by atoms with Gasteiger partial charge < -0.3 is 15.7 Å². The molecule has 1 spiro atoms. The van der Waals surface area contributed by atoms with Crippen LogP contribution < -0.4 is 5.73 Å². The Bertz CT molecular complexity index is 2220. The fourth-order valence-electron chi connectivity index (χ4n) is 7.61. The van der Waals surface area contributed by atoms with Gasteiger partial charge in [0.15, 0.2) is 17.8 Å². The fraction of sp³-hybridized carbons (Fsp3) is 0.225. The zero-order chi connectivity index (χ0) is 34.2. The number of aromatic hydroxyl groups is 1. The van der Waals surface area contributed by atoms with E-state index in [-0.39, 0.29) is 22.6 Å². The summed E-state index contributed by atoms with van der Waals surface area (Å²) in [6.45, 7) is 4.05. The number of carbonyl (C=O) groups excluding carboxylic acids is 2. The second kappa shape index (κ2) is 12.9. The molecule has 3 aromatic carbocycles. The van der Waals surface area contributed by atoms with Crippen molar-refractivity contribution < 1.29 is 14.7 Å². The highest BCUT2D eigenvalue weighted by atomic mass is 16.3. The zero-order valence-electron chi connectivity index (χ0n) is 27.6. The molecule has 8 rings (SSSR count). The van der Waals surface area contributed by atoms with Crippen LogP contribution in [0.2, 0.25) is 0 Å². The van der Waals surface area contributed by atoms with Gasteiger partial charge in [-0.2, -0.15) is 0 Å². The van der Waals surface area contributed by atoms with Crippen LogP contribution in [0.25, 0.3) is 39.5 Å². The van der Waals surface area contributed by atoms with Gasteiger partial charge in [0.25, 0.3) is 5.91 Å². The first-order chi connectivity index (χ1) is 24.4. The average Bonchev–Trinajstić information content (AvgIpc) is 3.72. The maximum Gasteiger partial charge on any atom is 0.253 e. The first-order valence-electron chi connectivity index (χ1n) is 16.9. The molecule has 2 fully saturated rings. The van der Waals surface area contributed by atoms with E-state index in [1.807, 2.05) is 47.4 Å². The molecule has 10 heteroatoms. The fourth-order valence-corrected chi connectivity index (χ4v) is 7.61. The SMILES string of the molecule is Nc1ncccc1-c1nc2ccc(-c3ccccc3)nc2n1-c1ccc(CN2CCC3(CCCN(C(=O)c4ccc(O)c(C=O)c4)C3)C2)cc1. The molecule has 3 N–H and O–H groups in total. The minimum Gasteiger partial charge on any atom is -0.507 e. The van der Waals surface area contributed by atoms with Crippen molar-refractivity contribution in [2.45, 2.75) is 25.8 Å². The quantitative estimate of drug-likeness (QED) is 0.188. The van der Waals surface area contributed by atoms with Crippen LogP contribution >= 0.6 is 0 Å². The van der Waals surface area contributed by atoms with Crippen LogP contribution in [0.4, 0.5) is 5.82 Å². The maximum atomic E-state index is 13.4. The van der Waals surface area contributed by atoms with Crippen molar-refractivity contribution in [1.29, 1.82) is 0 Å². The summed E-state index contributed by atoms with van der Waals surface area (Å²) >= 11 is 0. The molecule has 1 amide bonds. The van der Waals surface area contributed by atoms with Crippen LogP contribution in [0.5, 0.6) is 5.75 Å². The van der Waals surface area contributed by atoms with Gasteiger partial charge in [0, 0.05) is 54.6 Å². The predicted octanol–water partition coefficient (Wildman–Crippen LogP) is 6.38. The topological polar surface area (TPSA) is 130 Å². The molecule has 0 saturated carbocycles. The summed E-state index contributed by atoms with van der Waals surface area (Å²) in [5, 5.41) is 9.89. The van der Waals surface area contributed by atoms with Gasteiger partial charge in [0.05, 0.1) is 16.8 Å². The molecule has 5 heterocycles. The number of benzene rings is 3. The van der Waals surface area contributed by atoms with Gasteiger partial charge in [-0.15, -0.1) is 0 Å². The van der Waals surface area contributed by atoms with Crippen molar-refractivity contribution in [1.82, 2.24) is 29.3 Å². The number of nitrogen functional groups attached to an aromatic ring is 1. The number of aldehydes is 1. The van der Waals surface area contributed by atoms with Gasteiger partial charge in [-0.1, -0.05) is 42.5 Å². The molecule has 1 atom stereocenters. The molecule has 3 aromatic heterocycles. The number of fused-ring (bicyclic) bond motifs is 1. The number of carbonyl (C=O) groups is 2. The van der Waals surface area contributed by atoms with Crippen molar-refractivity contribution in [3.05, 3.63) is 120 Å². The largest absolute Gasteiger partial charge is 0.507 e. The summed E-state index contributed by atoms with van der Waals surface area (Å²) in [5.41, 5.74) is 13.2. The Hall–Kier alpha value is -5.87. The number of piperidine rings is 1. The summed E-state index contributed by atoms with van der Waals surface area (Å²) < 4.78 is 2.06. The van der Waals surface area contributed by atoms with E-state index >= 15 is 0 Å². The van der Waals surface area contributed by atoms with Crippen LogP contribution in [0.3, 0.4) is 0 Å². The number of likely N-dealkylation sites (tertiary alicyclic amines) is 2. The highest BCUT2D eigenvalue weighted by molar-refractivity contribution is 5.96. The average molecular weight is 664 g/mol. The van der Waals surface area contributed by atoms with Crippen molar-refractivity contribution in [2.75, 3.05) is 31.9 Å². The number of hydrogen-bond acceptors (Lipinski definition) is 8. The van der Waals surface area contributed by atoms with Gasteiger partial charge in [-0.05, 0) is 86.0 Å². The van der Waals surface area contributed by atoms with E-state index in [0.29, 0.717) is 36.6 Å². The number of pyridine rings is 2. The molecule has 2 aliphatic rings. The number of aromatic nitrogens is 4. The van der Waals surface area contributed by atoms with Crippen LogP contribution in [0.1, 0.15) is 45.5 Å². The third-order valence-electron chi connectivity index (χ3n) is 10.1. The lowest BCUT2D eigenvalue weighted by atomic mass is 9.79. The number of phenolic OH excluding ortho intramolecular Hbond substituents is 1. The summed E-state index contributed by atoms with van der Waals surface area (Å²) in [6.07, 6.45) is 5.30. The molecular weight excluding hydrogens is 626 g/mol. The number of hydrogen-bond donors (Lipinski definition) is 2. The Labute approximate surface area is 289 Å². The highest BCUT2D eigenvalue weighted by Crippen LogP contribution is 2.40. The summed E-state index contributed by atoms with van der Waals surface area (Å²) in [5.74, 6) is 0.885. The summed E-state index contributed by atoms with van der Waals surface area (Å²) in [6, 6.07) is 31.0. The van der Waals surface area contributed by atoms with Crippen molar-refractivity contribution in [3.63, 3.8) is 0 Å². The van der Waals surface area contributed by atoms with Gasteiger partial charge >= 0.3 is 0 Å². The molecule has 10 nitrogen and oxygen atoms in total. The third-order valence-corrected chi connectivity index (χ3v) is 10.1. The lowest BCUT2D eigenvalue weighted by Crippen LogP contribution is -2.47. The molecule has 250 valence electrons. The van der Waals surface area contributed by atoms with Gasteiger partial charge in [-0.25, -0.2) is 15.0 Å². The first-order valence-corrected chi connectivity index (χ1v) is 16.9. The Morgan fingerprint density at radius 3 is 2.54 bits per heavy atom. The number of amides is 1. The minimum atomic E-state index is -0.114. The molecule has 0 radical (unpaired) electrons. The summed E-state index contributed by atoms with van der Waals surface area (Å²) in [7, 11) is 0. The predicted molar refractivity (Wildman–Crippen MR) is 193 cm³/mol. The first kappa shape index (κ1) is 31.4. The Morgan fingerprint density at radius 1 is 0.900 bits per heavy atom. The second-order valence-electron chi connectivity index (χ2n) is 13.5. The van der Waals surface area contributed by atoms with Gasteiger partial charge in [-0.3, -0.25) is 19.1 Å². The molecule has 6 aromatic rings. The van der Waals surface area contributed by atoms with Crippen molar-refractivity contribution in [2.24, 2.45) is 5.41 Å². The van der Waals surface area contributed by atoms with Crippen molar-refractivity contribution >= 4 is 29.2 Å². The van der Waals surface area contributed by atoms with Gasteiger partial charge in [0.1, 0.15) is 17.1 Å². The number of phenols is 1. The molecule has 2 saturated heterocycles. The van der Waals surface area contributed by atoms with E-state index in [1.165, 1.54) is 17.7 Å². The highest BCUT2D eigenvalue weighted by Gasteiger charge is 2.42.